The van der Waals surface area contributed by atoms with Crippen LogP contribution in [0.25, 0.3) is 0 Å². The first-order valence-corrected chi connectivity index (χ1v) is 2.91. The molecule has 0 amide bonds. The summed E-state index contributed by atoms with van der Waals surface area (Å²) in [7, 11) is 0. The van der Waals surface area contributed by atoms with E-state index in [4.69, 9.17) is 20.4 Å². The second-order valence-electron chi connectivity index (χ2n) is 1.36. The quantitative estimate of drug-likeness (QED) is 0.519. The van der Waals surface area contributed by atoms with Crippen LogP contribution < -0.4 is 0 Å². The van der Waals surface area contributed by atoms with Gasteiger partial charge in [-0.15, -0.1) is 0 Å². The molecular formula is C12H24N2O2. The van der Waals surface area contributed by atoms with Gasteiger partial charge in [0.25, 0.3) is 0 Å². The molecular weight excluding hydrogens is 204 g/mol. The number of benzene rings is 1. The first-order valence-electron chi connectivity index (χ1n) is 2.91. The van der Waals surface area contributed by atoms with Gasteiger partial charge >= 0.3 is 0 Å². The van der Waals surface area contributed by atoms with E-state index in [1.165, 1.54) is 0 Å². The average molecular weight is 228 g/mol. The largest absolute Gasteiger partial charge is 0.231 e. The van der Waals surface area contributed by atoms with Crippen molar-refractivity contribution in [3.63, 3.8) is 0 Å². The first-order chi connectivity index (χ1) is 5.83. The van der Waals surface area contributed by atoms with E-state index in [0.717, 1.165) is 12.2 Å². The summed E-state index contributed by atoms with van der Waals surface area (Å²) in [5, 5.41) is 10.8. The molecule has 0 aliphatic rings. The molecule has 0 heterocycles. The second-order valence-corrected chi connectivity index (χ2v) is 1.36. The van der Waals surface area contributed by atoms with Gasteiger partial charge in [0.05, 0.1) is 0 Å². The fraction of sp³-hybridized carbons (Fsp3) is 0.333. The van der Waals surface area contributed by atoms with Gasteiger partial charge in [0, 0.05) is 0 Å². The molecule has 0 radical (unpaired) electrons. The average Bonchev–Trinajstić information content (AvgIpc) is 2.10. The van der Waals surface area contributed by atoms with Crippen molar-refractivity contribution in [1.29, 1.82) is 10.8 Å². The van der Waals surface area contributed by atoms with Gasteiger partial charge in [0.2, 0.25) is 12.2 Å². The third-order valence-electron chi connectivity index (χ3n) is 0.667. The van der Waals surface area contributed by atoms with Gasteiger partial charge in [-0.2, -0.15) is 0 Å². The Hall–Kier alpha value is -2.02. The number of rotatable bonds is 0. The molecule has 0 unspecified atom stereocenters. The van der Waals surface area contributed by atoms with Crippen molar-refractivity contribution < 1.29 is 9.59 Å². The minimum absolute atomic E-state index is 0. The molecule has 1 aromatic rings. The molecule has 0 atom stereocenters. The van der Waals surface area contributed by atoms with Gasteiger partial charge in [-0.05, 0) is 0 Å². The monoisotopic (exact) mass is 228 g/mol. The van der Waals surface area contributed by atoms with E-state index >= 15 is 0 Å². The maximum Gasteiger partial charge on any atom is 0.231 e. The highest BCUT2D eigenvalue weighted by Gasteiger charge is 1.57. The van der Waals surface area contributed by atoms with Crippen LogP contribution in [0.15, 0.2) is 36.4 Å². The summed E-state index contributed by atoms with van der Waals surface area (Å²) in [5.74, 6) is 0. The fourth-order valence-corrected chi connectivity index (χ4v) is 0.385. The summed E-state index contributed by atoms with van der Waals surface area (Å²) in [6.07, 6.45) is 1.50. The van der Waals surface area contributed by atoms with E-state index in [2.05, 4.69) is 0 Å². The molecule has 0 fully saturated rings. The third kappa shape index (κ3) is 91.2. The van der Waals surface area contributed by atoms with Gasteiger partial charge < -0.3 is 0 Å². The van der Waals surface area contributed by atoms with E-state index in [0.29, 0.717) is 0 Å². The lowest BCUT2D eigenvalue weighted by Gasteiger charge is -1.69. The van der Waals surface area contributed by atoms with Crippen LogP contribution in [0.5, 0.6) is 0 Å². The summed E-state index contributed by atoms with van der Waals surface area (Å²) in [6, 6.07) is 12.0. The minimum Gasteiger partial charge on any atom is -0.222 e. The Balaban J connectivity index is -0.0000000227. The highest BCUT2D eigenvalue weighted by Crippen LogP contribution is 1.79. The molecule has 0 saturated heterocycles. The maximum atomic E-state index is 8.35. The van der Waals surface area contributed by atoms with Crippen molar-refractivity contribution in [1.82, 2.24) is 0 Å². The predicted octanol–water partition coefficient (Wildman–Crippen LogP) is 4.03. The van der Waals surface area contributed by atoms with Gasteiger partial charge in [0.15, 0.2) is 0 Å². The summed E-state index contributed by atoms with van der Waals surface area (Å²) in [5.41, 5.74) is 0. The Morgan fingerprint density at radius 3 is 0.688 bits per heavy atom. The van der Waals surface area contributed by atoms with Crippen molar-refractivity contribution in [3.05, 3.63) is 36.4 Å². The topological polar surface area (TPSA) is 81.8 Å². The lowest BCUT2D eigenvalue weighted by molar-refractivity contribution is 0.562. The third-order valence-corrected chi connectivity index (χ3v) is 0.667. The summed E-state index contributed by atoms with van der Waals surface area (Å²) in [4.78, 5) is 16.7. The molecule has 0 saturated carbocycles. The van der Waals surface area contributed by atoms with Crippen molar-refractivity contribution in [2.75, 3.05) is 0 Å². The molecule has 1 rings (SSSR count). The van der Waals surface area contributed by atoms with Crippen LogP contribution in [0.2, 0.25) is 0 Å². The summed E-state index contributed by atoms with van der Waals surface area (Å²) >= 11 is 0. The number of isocyanates is 2. The Kier molecular flexibility index (Phi) is 120. The van der Waals surface area contributed by atoms with Crippen molar-refractivity contribution >= 4 is 12.2 Å². The Morgan fingerprint density at radius 2 is 0.625 bits per heavy atom. The molecule has 0 aliphatic heterocycles. The van der Waals surface area contributed by atoms with Gasteiger partial charge in [0.1, 0.15) is 0 Å². The highest BCUT2D eigenvalue weighted by atomic mass is 16.1. The second kappa shape index (κ2) is 52.1. The zero-order valence-corrected chi connectivity index (χ0v) is 6.28. The Morgan fingerprint density at radius 1 is 0.562 bits per heavy atom. The van der Waals surface area contributed by atoms with Gasteiger partial charge in [-0.1, -0.05) is 66.1 Å². The van der Waals surface area contributed by atoms with Crippen LogP contribution in [0.3, 0.4) is 0 Å². The number of hydrogen-bond donors (Lipinski definition) is 2. The summed E-state index contributed by atoms with van der Waals surface area (Å²) < 4.78 is 0. The molecule has 2 N–H and O–H groups in total. The molecule has 0 spiro atoms. The van der Waals surface area contributed by atoms with Crippen molar-refractivity contribution in [3.8, 4) is 0 Å². The van der Waals surface area contributed by atoms with Crippen LogP contribution in [0.1, 0.15) is 29.7 Å². The smallest absolute Gasteiger partial charge is 0.222 e. The zero-order valence-electron chi connectivity index (χ0n) is 6.28. The normalized spacial score (nSPS) is 4.00. The first kappa shape index (κ1) is 37.0. The molecule has 1 aromatic carbocycles. The Labute approximate surface area is 99.3 Å². The van der Waals surface area contributed by atoms with Crippen LogP contribution in [0, 0.1) is 10.8 Å². The highest BCUT2D eigenvalue weighted by molar-refractivity contribution is 5.26. The van der Waals surface area contributed by atoms with E-state index < -0.39 is 0 Å². The SMILES string of the molecule is C.C.C.C.N=C=O.N=C=O.c1ccccc1. The lowest BCUT2D eigenvalue weighted by Crippen LogP contribution is -1.47. The molecule has 0 bridgehead atoms. The zero-order chi connectivity index (χ0) is 9.66. The fourth-order valence-electron chi connectivity index (χ4n) is 0.385. The van der Waals surface area contributed by atoms with Crippen LogP contribution in [-0.4, -0.2) is 12.2 Å². The van der Waals surface area contributed by atoms with Crippen LogP contribution >= 0.6 is 0 Å². The molecule has 4 heteroatoms. The van der Waals surface area contributed by atoms with Gasteiger partial charge in [-0.25, -0.2) is 20.4 Å². The van der Waals surface area contributed by atoms with E-state index in [1.807, 2.05) is 36.4 Å². The number of carbonyl (C=O) groups excluding carboxylic acids is 2. The molecule has 0 aromatic heterocycles. The maximum absolute atomic E-state index is 8.35. The molecule has 94 valence electrons. The minimum atomic E-state index is 0. The summed E-state index contributed by atoms with van der Waals surface area (Å²) in [6.45, 7) is 0. The van der Waals surface area contributed by atoms with Crippen molar-refractivity contribution in [2.24, 2.45) is 0 Å². The molecule has 16 heavy (non-hydrogen) atoms. The standard InChI is InChI=1S/C6H6.2CHNO.4CH4/c1-2-4-6-5-3-1;2*2-1-3;;;;/h1-6H;2*2H;4*1H4. The van der Waals surface area contributed by atoms with Crippen LogP contribution in [-0.2, 0) is 9.59 Å². The number of hydrogen-bond acceptors (Lipinski definition) is 4. The molecule has 4 nitrogen and oxygen atoms in total. The van der Waals surface area contributed by atoms with E-state index in [-0.39, 0.29) is 29.7 Å². The van der Waals surface area contributed by atoms with Gasteiger partial charge in [-0.3, -0.25) is 0 Å². The predicted molar refractivity (Wildman–Crippen MR) is 70.2 cm³/mol. The van der Waals surface area contributed by atoms with Crippen molar-refractivity contribution in [2.45, 2.75) is 29.7 Å². The Bertz CT molecular complexity index is 198. The van der Waals surface area contributed by atoms with Crippen LogP contribution in [0.4, 0.5) is 0 Å². The molecule has 0 aliphatic carbocycles. The van der Waals surface area contributed by atoms with E-state index in [1.54, 1.807) is 0 Å². The van der Waals surface area contributed by atoms with E-state index in [9.17, 15) is 0 Å². The lowest BCUT2D eigenvalue weighted by atomic mass is 10.4. The number of nitrogens with one attached hydrogen (secondary N) is 2.